The molecule has 1 saturated carbocycles. The Hall–Kier alpha value is -0.540. The van der Waals surface area contributed by atoms with E-state index in [2.05, 4.69) is 28.9 Å². The highest BCUT2D eigenvalue weighted by Crippen LogP contribution is 2.41. The number of rotatable bonds is 4. The Bertz CT molecular complexity index is 413. The Morgan fingerprint density at radius 1 is 1.39 bits per heavy atom. The molecule has 0 aliphatic heterocycles. The Morgan fingerprint density at radius 2 is 2.06 bits per heavy atom. The lowest BCUT2D eigenvalue weighted by Gasteiger charge is -2.31. The van der Waals surface area contributed by atoms with Crippen LogP contribution in [0.2, 0.25) is 0 Å². The maximum Gasteiger partial charge on any atom is 0.119 e. The zero-order chi connectivity index (χ0) is 13.2. The molecule has 0 spiro atoms. The molecule has 0 amide bonds. The van der Waals surface area contributed by atoms with Crippen molar-refractivity contribution in [2.75, 3.05) is 7.11 Å². The summed E-state index contributed by atoms with van der Waals surface area (Å²) in [5, 5.41) is 0. The summed E-state index contributed by atoms with van der Waals surface area (Å²) < 4.78 is 6.41. The van der Waals surface area contributed by atoms with Gasteiger partial charge in [0.25, 0.3) is 0 Å². The summed E-state index contributed by atoms with van der Waals surface area (Å²) in [6.45, 7) is 2.33. The smallest absolute Gasteiger partial charge is 0.119 e. The van der Waals surface area contributed by atoms with Crippen molar-refractivity contribution in [3.05, 3.63) is 28.2 Å². The third kappa shape index (κ3) is 2.89. The molecule has 1 atom stereocenters. The first-order chi connectivity index (χ1) is 8.55. The van der Waals surface area contributed by atoms with E-state index in [1.54, 1.807) is 7.11 Å². The van der Waals surface area contributed by atoms with E-state index in [9.17, 15) is 0 Å². The minimum Gasteiger partial charge on any atom is -0.497 e. The SMILES string of the molecule is COc1ccc(Br)c(CC(N)C2(C)CCCC2)c1. The lowest BCUT2D eigenvalue weighted by molar-refractivity contribution is 0.260. The first-order valence-electron chi connectivity index (χ1n) is 6.63. The van der Waals surface area contributed by atoms with Gasteiger partial charge in [-0.25, -0.2) is 0 Å². The van der Waals surface area contributed by atoms with Crippen LogP contribution in [-0.4, -0.2) is 13.2 Å². The molecule has 1 unspecified atom stereocenters. The fourth-order valence-electron chi connectivity index (χ4n) is 2.87. The minimum atomic E-state index is 0.225. The first kappa shape index (κ1) is 13.9. The fraction of sp³-hybridized carbons (Fsp3) is 0.600. The second kappa shape index (κ2) is 5.62. The van der Waals surface area contributed by atoms with Crippen molar-refractivity contribution in [3.8, 4) is 5.75 Å². The standard InChI is InChI=1S/C15H22BrNO/c1-15(7-3-4-8-15)14(17)10-11-9-12(18-2)5-6-13(11)16/h5-6,9,14H,3-4,7-8,10,17H2,1-2H3. The molecule has 1 aromatic rings. The lowest BCUT2D eigenvalue weighted by atomic mass is 9.78. The van der Waals surface area contributed by atoms with Crippen LogP contribution in [-0.2, 0) is 6.42 Å². The van der Waals surface area contributed by atoms with E-state index in [0.717, 1.165) is 16.6 Å². The number of hydrogen-bond acceptors (Lipinski definition) is 2. The van der Waals surface area contributed by atoms with Gasteiger partial charge in [-0.2, -0.15) is 0 Å². The molecule has 2 N–H and O–H groups in total. The van der Waals surface area contributed by atoms with Gasteiger partial charge < -0.3 is 10.5 Å². The third-order valence-corrected chi connectivity index (χ3v) is 5.11. The third-order valence-electron chi connectivity index (χ3n) is 4.33. The summed E-state index contributed by atoms with van der Waals surface area (Å²) in [4.78, 5) is 0. The van der Waals surface area contributed by atoms with Gasteiger partial charge in [-0.1, -0.05) is 35.7 Å². The molecule has 2 nitrogen and oxygen atoms in total. The second-order valence-electron chi connectivity index (χ2n) is 5.63. The topological polar surface area (TPSA) is 35.2 Å². The second-order valence-corrected chi connectivity index (χ2v) is 6.48. The van der Waals surface area contributed by atoms with E-state index in [-0.39, 0.29) is 6.04 Å². The number of ether oxygens (including phenoxy) is 1. The Morgan fingerprint density at radius 3 is 2.67 bits per heavy atom. The molecule has 0 heterocycles. The quantitative estimate of drug-likeness (QED) is 0.915. The zero-order valence-electron chi connectivity index (χ0n) is 11.2. The molecule has 0 bridgehead atoms. The highest BCUT2D eigenvalue weighted by atomic mass is 79.9. The van der Waals surface area contributed by atoms with Crippen LogP contribution in [0.3, 0.4) is 0 Å². The normalized spacial score (nSPS) is 19.8. The zero-order valence-corrected chi connectivity index (χ0v) is 12.8. The van der Waals surface area contributed by atoms with E-state index < -0.39 is 0 Å². The summed E-state index contributed by atoms with van der Waals surface area (Å²) in [6.07, 6.45) is 6.08. The first-order valence-corrected chi connectivity index (χ1v) is 7.42. The van der Waals surface area contributed by atoms with E-state index in [1.807, 2.05) is 12.1 Å². The van der Waals surface area contributed by atoms with Crippen molar-refractivity contribution < 1.29 is 4.74 Å². The maximum absolute atomic E-state index is 6.44. The summed E-state index contributed by atoms with van der Waals surface area (Å²) in [5.41, 5.74) is 8.00. The van der Waals surface area contributed by atoms with Crippen LogP contribution in [0.25, 0.3) is 0 Å². The van der Waals surface area contributed by atoms with Gasteiger partial charge in [0.05, 0.1) is 7.11 Å². The summed E-state index contributed by atoms with van der Waals surface area (Å²) in [7, 11) is 1.70. The molecule has 1 fully saturated rings. The fourth-order valence-corrected chi connectivity index (χ4v) is 3.28. The molecule has 0 saturated heterocycles. The van der Waals surface area contributed by atoms with Crippen molar-refractivity contribution in [2.45, 2.75) is 45.1 Å². The molecule has 1 aliphatic carbocycles. The number of nitrogens with two attached hydrogens (primary N) is 1. The molecule has 1 aromatic carbocycles. The van der Waals surface area contributed by atoms with Gasteiger partial charge in [-0.15, -0.1) is 0 Å². The Kier molecular flexibility index (Phi) is 4.33. The van der Waals surface area contributed by atoms with Gasteiger partial charge in [-0.3, -0.25) is 0 Å². The van der Waals surface area contributed by atoms with Gasteiger partial charge in [0, 0.05) is 10.5 Å². The van der Waals surface area contributed by atoms with Crippen LogP contribution < -0.4 is 10.5 Å². The van der Waals surface area contributed by atoms with Gasteiger partial charge in [0.15, 0.2) is 0 Å². The van der Waals surface area contributed by atoms with Gasteiger partial charge in [0.2, 0.25) is 0 Å². The van der Waals surface area contributed by atoms with Crippen molar-refractivity contribution in [1.29, 1.82) is 0 Å². The summed E-state index contributed by atoms with van der Waals surface area (Å²) in [6, 6.07) is 6.32. The molecular formula is C15H22BrNO. The highest BCUT2D eigenvalue weighted by molar-refractivity contribution is 9.10. The molecule has 0 aromatic heterocycles. The summed E-state index contributed by atoms with van der Waals surface area (Å²) in [5.74, 6) is 0.900. The van der Waals surface area contributed by atoms with Gasteiger partial charge >= 0.3 is 0 Å². The monoisotopic (exact) mass is 311 g/mol. The Balaban J connectivity index is 2.13. The Labute approximate surface area is 118 Å². The van der Waals surface area contributed by atoms with Crippen LogP contribution in [0.15, 0.2) is 22.7 Å². The minimum absolute atomic E-state index is 0.225. The predicted molar refractivity (Wildman–Crippen MR) is 78.9 cm³/mol. The van der Waals surface area contributed by atoms with Crippen LogP contribution in [0, 0.1) is 5.41 Å². The van der Waals surface area contributed by atoms with Crippen LogP contribution in [0.5, 0.6) is 5.75 Å². The molecule has 1 aliphatic rings. The van der Waals surface area contributed by atoms with Gasteiger partial charge in [-0.05, 0) is 48.4 Å². The van der Waals surface area contributed by atoms with Crippen molar-refractivity contribution in [3.63, 3.8) is 0 Å². The van der Waals surface area contributed by atoms with Crippen LogP contribution >= 0.6 is 15.9 Å². The van der Waals surface area contributed by atoms with E-state index in [4.69, 9.17) is 10.5 Å². The maximum atomic E-state index is 6.44. The lowest BCUT2D eigenvalue weighted by Crippen LogP contribution is -2.39. The number of methoxy groups -OCH3 is 1. The molecule has 0 radical (unpaired) electrons. The van der Waals surface area contributed by atoms with E-state index in [1.165, 1.54) is 31.2 Å². The predicted octanol–water partition coefficient (Wildman–Crippen LogP) is 3.91. The van der Waals surface area contributed by atoms with E-state index in [0.29, 0.717) is 5.41 Å². The highest BCUT2D eigenvalue weighted by Gasteiger charge is 2.34. The number of halogens is 1. The molecule has 18 heavy (non-hydrogen) atoms. The van der Waals surface area contributed by atoms with Crippen LogP contribution in [0.4, 0.5) is 0 Å². The van der Waals surface area contributed by atoms with Crippen LogP contribution in [0.1, 0.15) is 38.2 Å². The van der Waals surface area contributed by atoms with Gasteiger partial charge in [0.1, 0.15) is 5.75 Å². The van der Waals surface area contributed by atoms with Crippen molar-refractivity contribution in [1.82, 2.24) is 0 Å². The average molecular weight is 312 g/mol. The van der Waals surface area contributed by atoms with Crippen molar-refractivity contribution in [2.24, 2.45) is 11.1 Å². The van der Waals surface area contributed by atoms with Crippen molar-refractivity contribution >= 4 is 15.9 Å². The summed E-state index contributed by atoms with van der Waals surface area (Å²) >= 11 is 3.60. The average Bonchev–Trinajstić information content (AvgIpc) is 2.80. The molecular weight excluding hydrogens is 290 g/mol. The molecule has 2 rings (SSSR count). The molecule has 3 heteroatoms. The molecule has 100 valence electrons. The largest absolute Gasteiger partial charge is 0.497 e. The number of benzene rings is 1. The number of hydrogen-bond donors (Lipinski definition) is 1. The van der Waals surface area contributed by atoms with E-state index >= 15 is 0 Å².